The van der Waals surface area contributed by atoms with Crippen LogP contribution in [0.2, 0.25) is 0 Å². The van der Waals surface area contributed by atoms with Crippen LogP contribution in [0, 0.1) is 11.3 Å². The predicted molar refractivity (Wildman–Crippen MR) is 62.6 cm³/mol. The summed E-state index contributed by atoms with van der Waals surface area (Å²) in [6.45, 7) is 0.713. The number of carbonyl (C=O) groups excluding carboxylic acids is 2. The van der Waals surface area contributed by atoms with Gasteiger partial charge in [-0.15, -0.1) is 0 Å². The van der Waals surface area contributed by atoms with Crippen LogP contribution in [-0.2, 0) is 4.79 Å². The molecule has 1 fully saturated rings. The average molecular weight is 245 g/mol. The van der Waals surface area contributed by atoms with Crippen molar-refractivity contribution in [2.45, 2.75) is 0 Å². The molecule has 1 aliphatic heterocycles. The lowest BCUT2D eigenvalue weighted by Crippen LogP contribution is -2.35. The first-order valence-electron chi connectivity index (χ1n) is 5.40. The van der Waals surface area contributed by atoms with Gasteiger partial charge in [0.05, 0.1) is 6.54 Å². The van der Waals surface area contributed by atoms with Crippen LogP contribution in [0.5, 0.6) is 0 Å². The number of aromatic nitrogens is 1. The Morgan fingerprint density at radius 1 is 1.50 bits per heavy atom. The van der Waals surface area contributed by atoms with E-state index in [9.17, 15) is 9.59 Å². The highest BCUT2D eigenvalue weighted by atomic mass is 16.2. The second-order valence-corrected chi connectivity index (χ2v) is 3.65. The molecule has 1 saturated heterocycles. The van der Waals surface area contributed by atoms with Crippen molar-refractivity contribution in [3.8, 4) is 6.07 Å². The summed E-state index contributed by atoms with van der Waals surface area (Å²) >= 11 is 0. The number of anilines is 1. The fraction of sp³-hybridized carbons (Fsp3) is 0.273. The minimum absolute atomic E-state index is 0.0565. The molecule has 0 aromatic carbocycles. The quantitative estimate of drug-likeness (QED) is 0.723. The van der Waals surface area contributed by atoms with Crippen molar-refractivity contribution in [1.29, 1.82) is 5.26 Å². The van der Waals surface area contributed by atoms with Crippen molar-refractivity contribution < 1.29 is 9.59 Å². The molecule has 7 nitrogen and oxygen atoms in total. The van der Waals surface area contributed by atoms with E-state index < -0.39 is 0 Å². The molecule has 0 aliphatic carbocycles. The summed E-state index contributed by atoms with van der Waals surface area (Å²) in [6.07, 6.45) is 0. The predicted octanol–water partition coefficient (Wildman–Crippen LogP) is -0.0830. The number of amides is 3. The highest BCUT2D eigenvalue weighted by Crippen LogP contribution is 2.04. The van der Waals surface area contributed by atoms with Crippen LogP contribution in [0.3, 0.4) is 0 Å². The number of carbonyl (C=O) groups is 2. The van der Waals surface area contributed by atoms with Crippen molar-refractivity contribution in [2.75, 3.05) is 25.0 Å². The van der Waals surface area contributed by atoms with Crippen LogP contribution in [0.15, 0.2) is 18.2 Å². The number of urea groups is 1. The molecule has 7 heteroatoms. The van der Waals surface area contributed by atoms with E-state index in [1.807, 2.05) is 6.07 Å². The number of nitrogens with zero attached hydrogens (tertiary/aromatic N) is 3. The second-order valence-electron chi connectivity index (χ2n) is 3.65. The first-order chi connectivity index (χ1) is 8.70. The summed E-state index contributed by atoms with van der Waals surface area (Å²) in [5.41, 5.74) is 0.315. The van der Waals surface area contributed by atoms with E-state index in [4.69, 9.17) is 5.26 Å². The maximum atomic E-state index is 11.3. The zero-order valence-electron chi connectivity index (χ0n) is 9.51. The molecule has 3 amide bonds. The van der Waals surface area contributed by atoms with Gasteiger partial charge in [0.1, 0.15) is 17.6 Å². The number of pyridine rings is 1. The van der Waals surface area contributed by atoms with E-state index in [2.05, 4.69) is 15.6 Å². The first-order valence-corrected chi connectivity index (χ1v) is 5.40. The Balaban J connectivity index is 1.87. The molecular weight excluding hydrogens is 234 g/mol. The van der Waals surface area contributed by atoms with Crippen LogP contribution in [0.25, 0.3) is 0 Å². The molecule has 0 unspecified atom stereocenters. The molecule has 0 radical (unpaired) electrons. The normalized spacial score (nSPS) is 14.3. The van der Waals surface area contributed by atoms with Gasteiger partial charge >= 0.3 is 6.03 Å². The van der Waals surface area contributed by atoms with Gasteiger partial charge in [0.15, 0.2) is 0 Å². The van der Waals surface area contributed by atoms with E-state index >= 15 is 0 Å². The Hall–Kier alpha value is -2.62. The first kappa shape index (κ1) is 11.9. The largest absolute Gasteiger partial charge is 0.368 e. The number of imide groups is 1. The summed E-state index contributed by atoms with van der Waals surface area (Å²) < 4.78 is 0. The Morgan fingerprint density at radius 2 is 2.33 bits per heavy atom. The molecule has 2 heterocycles. The van der Waals surface area contributed by atoms with Gasteiger partial charge in [-0.05, 0) is 12.1 Å². The van der Waals surface area contributed by atoms with Crippen molar-refractivity contribution in [1.82, 2.24) is 15.2 Å². The smallest absolute Gasteiger partial charge is 0.324 e. The summed E-state index contributed by atoms with van der Waals surface area (Å²) in [5.74, 6) is 0.307. The molecule has 1 aromatic heterocycles. The Morgan fingerprint density at radius 3 is 3.00 bits per heavy atom. The Kier molecular flexibility index (Phi) is 3.38. The van der Waals surface area contributed by atoms with E-state index in [1.54, 1.807) is 18.2 Å². The highest BCUT2D eigenvalue weighted by molar-refractivity contribution is 6.01. The Bertz CT molecular complexity index is 506. The van der Waals surface area contributed by atoms with Crippen LogP contribution in [0.1, 0.15) is 5.69 Å². The minimum Gasteiger partial charge on any atom is -0.368 e. The molecule has 2 rings (SSSR count). The molecule has 18 heavy (non-hydrogen) atoms. The van der Waals surface area contributed by atoms with Crippen molar-refractivity contribution in [3.05, 3.63) is 23.9 Å². The Labute approximate surface area is 103 Å². The number of hydrogen-bond donors (Lipinski definition) is 2. The third kappa shape index (κ3) is 2.55. The van der Waals surface area contributed by atoms with Gasteiger partial charge in [0, 0.05) is 13.1 Å². The van der Waals surface area contributed by atoms with Gasteiger partial charge in [-0.2, -0.15) is 5.26 Å². The van der Waals surface area contributed by atoms with Crippen LogP contribution >= 0.6 is 0 Å². The molecule has 0 atom stereocenters. The van der Waals surface area contributed by atoms with Crippen LogP contribution in [-0.4, -0.2) is 41.5 Å². The van der Waals surface area contributed by atoms with E-state index in [-0.39, 0.29) is 25.0 Å². The molecule has 0 bridgehead atoms. The van der Waals surface area contributed by atoms with Gasteiger partial charge in [0.25, 0.3) is 0 Å². The lowest BCUT2D eigenvalue weighted by Gasteiger charge is -2.12. The molecule has 2 N–H and O–H groups in total. The summed E-state index contributed by atoms with van der Waals surface area (Å²) in [4.78, 5) is 27.7. The fourth-order valence-electron chi connectivity index (χ4n) is 1.57. The average Bonchev–Trinajstić information content (AvgIpc) is 2.70. The lowest BCUT2D eigenvalue weighted by molar-refractivity contribution is -0.124. The van der Waals surface area contributed by atoms with Crippen LogP contribution in [0.4, 0.5) is 10.6 Å². The van der Waals surface area contributed by atoms with Gasteiger partial charge < -0.3 is 10.6 Å². The monoisotopic (exact) mass is 245 g/mol. The topological polar surface area (TPSA) is 98.1 Å². The minimum atomic E-state index is -0.375. The summed E-state index contributed by atoms with van der Waals surface area (Å²) in [7, 11) is 0. The number of rotatable bonds is 4. The van der Waals surface area contributed by atoms with Crippen LogP contribution < -0.4 is 10.6 Å². The molecule has 0 saturated carbocycles. The maximum absolute atomic E-state index is 11.3. The lowest BCUT2D eigenvalue weighted by atomic mass is 10.3. The van der Waals surface area contributed by atoms with Crippen molar-refractivity contribution >= 4 is 17.8 Å². The third-order valence-electron chi connectivity index (χ3n) is 2.44. The SMILES string of the molecule is N#Cc1cccc(NCCN2C(=O)CNC2=O)n1. The third-order valence-corrected chi connectivity index (χ3v) is 2.44. The highest BCUT2D eigenvalue weighted by Gasteiger charge is 2.27. The summed E-state index contributed by atoms with van der Waals surface area (Å²) in [5, 5.41) is 14.1. The fourth-order valence-corrected chi connectivity index (χ4v) is 1.57. The second kappa shape index (κ2) is 5.14. The van der Waals surface area contributed by atoms with E-state index in [0.717, 1.165) is 4.90 Å². The summed E-state index contributed by atoms with van der Waals surface area (Å²) in [6, 6.07) is 6.58. The molecule has 92 valence electrons. The zero-order valence-corrected chi connectivity index (χ0v) is 9.51. The van der Waals surface area contributed by atoms with Gasteiger partial charge in [-0.25, -0.2) is 9.78 Å². The van der Waals surface area contributed by atoms with Crippen molar-refractivity contribution in [2.24, 2.45) is 0 Å². The van der Waals surface area contributed by atoms with Gasteiger partial charge in [-0.3, -0.25) is 9.69 Å². The number of hydrogen-bond acceptors (Lipinski definition) is 5. The van der Waals surface area contributed by atoms with Gasteiger partial charge in [0.2, 0.25) is 5.91 Å². The standard InChI is InChI=1S/C11H11N5O2/c12-6-8-2-1-3-9(15-8)13-4-5-16-10(17)7-14-11(16)18/h1-3H,4-5,7H2,(H,13,15)(H,14,18). The van der Waals surface area contributed by atoms with Gasteiger partial charge in [-0.1, -0.05) is 6.07 Å². The molecule has 1 aromatic rings. The van der Waals surface area contributed by atoms with E-state index in [0.29, 0.717) is 18.1 Å². The molecular formula is C11H11N5O2. The van der Waals surface area contributed by atoms with Crippen molar-refractivity contribution in [3.63, 3.8) is 0 Å². The molecule has 0 spiro atoms. The van der Waals surface area contributed by atoms with E-state index in [1.165, 1.54) is 0 Å². The maximum Gasteiger partial charge on any atom is 0.324 e. The zero-order chi connectivity index (χ0) is 13.0. The number of nitrogens with one attached hydrogen (secondary N) is 2. The molecule has 1 aliphatic rings. The number of nitriles is 1.